The average molecular weight is 294 g/mol. The molecule has 0 heterocycles. The van der Waals surface area contributed by atoms with Gasteiger partial charge in [-0.05, 0) is 13.0 Å². The van der Waals surface area contributed by atoms with E-state index in [0.29, 0.717) is 13.2 Å². The zero-order valence-electron chi connectivity index (χ0n) is 12.0. The molecule has 21 heavy (non-hydrogen) atoms. The van der Waals surface area contributed by atoms with Gasteiger partial charge in [0.05, 0.1) is 30.8 Å². The Morgan fingerprint density at radius 1 is 1.48 bits per heavy atom. The lowest BCUT2D eigenvalue weighted by Crippen LogP contribution is -2.27. The van der Waals surface area contributed by atoms with Crippen LogP contribution >= 0.6 is 0 Å². The van der Waals surface area contributed by atoms with Crippen molar-refractivity contribution < 1.29 is 19.2 Å². The van der Waals surface area contributed by atoms with E-state index in [4.69, 9.17) is 9.47 Å². The van der Waals surface area contributed by atoms with Gasteiger partial charge in [-0.15, -0.1) is 0 Å². The van der Waals surface area contributed by atoms with Gasteiger partial charge in [-0.25, -0.2) is 0 Å². The molecule has 0 radical (unpaired) electrons. The van der Waals surface area contributed by atoms with Gasteiger partial charge >= 0.3 is 5.69 Å². The minimum atomic E-state index is -0.592. The minimum Gasteiger partial charge on any atom is -0.490 e. The van der Waals surface area contributed by atoms with Gasteiger partial charge in [-0.3, -0.25) is 14.9 Å². The Morgan fingerprint density at radius 3 is 2.76 bits per heavy atom. The Morgan fingerprint density at radius 2 is 2.19 bits per heavy atom. The van der Waals surface area contributed by atoms with Gasteiger partial charge in [0.15, 0.2) is 0 Å². The second kappa shape index (κ2) is 8.01. The molecular weight excluding hydrogens is 276 g/mol. The van der Waals surface area contributed by atoms with E-state index in [-0.39, 0.29) is 23.5 Å². The van der Waals surface area contributed by atoms with Crippen molar-refractivity contribution in [1.29, 1.82) is 0 Å². The molecule has 1 aromatic rings. The maximum atomic E-state index is 12.0. The molecule has 114 valence electrons. The van der Waals surface area contributed by atoms with Crippen LogP contribution in [-0.2, 0) is 4.74 Å². The summed E-state index contributed by atoms with van der Waals surface area (Å²) in [4.78, 5) is 22.3. The zero-order valence-corrected chi connectivity index (χ0v) is 12.0. The van der Waals surface area contributed by atoms with E-state index in [1.165, 1.54) is 25.3 Å². The van der Waals surface area contributed by atoms with E-state index in [9.17, 15) is 14.9 Å². The Hall–Kier alpha value is -2.41. The highest BCUT2D eigenvalue weighted by Gasteiger charge is 2.22. The normalized spacial score (nSPS) is 10.0. The van der Waals surface area contributed by atoms with Crippen molar-refractivity contribution in [2.24, 2.45) is 0 Å². The molecule has 0 fully saturated rings. The van der Waals surface area contributed by atoms with Crippen LogP contribution in [-0.4, -0.2) is 37.7 Å². The summed E-state index contributed by atoms with van der Waals surface area (Å²) in [6, 6.07) is 4.19. The summed E-state index contributed by atoms with van der Waals surface area (Å²) in [6.45, 7) is 6.58. The highest BCUT2D eigenvalue weighted by molar-refractivity contribution is 5.98. The summed E-state index contributed by atoms with van der Waals surface area (Å²) < 4.78 is 10.2. The van der Waals surface area contributed by atoms with E-state index < -0.39 is 10.8 Å². The highest BCUT2D eigenvalue weighted by Crippen LogP contribution is 2.30. The van der Waals surface area contributed by atoms with Gasteiger partial charge in [0.1, 0.15) is 0 Å². The number of para-hydroxylation sites is 1. The summed E-state index contributed by atoms with van der Waals surface area (Å²) in [6.07, 6.45) is 0. The third-order valence-electron chi connectivity index (χ3n) is 2.52. The Kier molecular flexibility index (Phi) is 6.35. The molecule has 7 heteroatoms. The van der Waals surface area contributed by atoms with Crippen LogP contribution in [0.4, 0.5) is 5.69 Å². The second-order valence-electron chi connectivity index (χ2n) is 4.38. The number of amides is 1. The average Bonchev–Trinajstić information content (AvgIpc) is 2.45. The molecule has 0 unspecified atom stereocenters. The maximum Gasteiger partial charge on any atom is 0.311 e. The van der Waals surface area contributed by atoms with E-state index in [2.05, 4.69) is 11.9 Å². The van der Waals surface area contributed by atoms with Crippen LogP contribution in [0.15, 0.2) is 30.4 Å². The topological polar surface area (TPSA) is 90.7 Å². The van der Waals surface area contributed by atoms with Crippen molar-refractivity contribution in [3.8, 4) is 5.75 Å². The number of carbonyl (C=O) groups is 1. The number of nitro groups is 1. The summed E-state index contributed by atoms with van der Waals surface area (Å²) in [5.41, 5.74) is 0.761. The van der Waals surface area contributed by atoms with Crippen LogP contribution in [0.5, 0.6) is 5.75 Å². The van der Waals surface area contributed by atoms with Crippen molar-refractivity contribution in [2.45, 2.75) is 6.92 Å². The molecule has 0 aliphatic carbocycles. The van der Waals surface area contributed by atoms with Crippen molar-refractivity contribution in [2.75, 3.05) is 26.9 Å². The van der Waals surface area contributed by atoms with Gasteiger partial charge in [-0.2, -0.15) is 0 Å². The molecule has 0 bridgehead atoms. The number of ether oxygens (including phenoxy) is 2. The molecule has 0 aliphatic rings. The zero-order chi connectivity index (χ0) is 15.8. The van der Waals surface area contributed by atoms with Crippen LogP contribution in [0.2, 0.25) is 0 Å². The number of hydrogen-bond donors (Lipinski definition) is 1. The lowest BCUT2D eigenvalue weighted by molar-refractivity contribution is -0.385. The highest BCUT2D eigenvalue weighted by atomic mass is 16.6. The molecule has 1 aromatic carbocycles. The molecule has 1 N–H and O–H groups in total. The van der Waals surface area contributed by atoms with E-state index in [1.807, 2.05) is 6.92 Å². The standard InChI is InChI=1S/C14H18N2O5/c1-10(2)9-21-8-7-15-14(17)11-5-4-6-12(16(18)19)13(11)20-3/h4-6H,1,7-9H2,2-3H3,(H,15,17). The third kappa shape index (κ3) is 4.88. The number of hydrogen-bond acceptors (Lipinski definition) is 5. The lowest BCUT2D eigenvalue weighted by Gasteiger charge is -2.09. The number of nitro benzene ring substituents is 1. The van der Waals surface area contributed by atoms with Gasteiger partial charge in [0, 0.05) is 12.6 Å². The monoisotopic (exact) mass is 294 g/mol. The number of rotatable bonds is 8. The number of carbonyl (C=O) groups excluding carboxylic acids is 1. The predicted molar refractivity (Wildman–Crippen MR) is 77.6 cm³/mol. The van der Waals surface area contributed by atoms with Gasteiger partial charge in [-0.1, -0.05) is 18.2 Å². The van der Waals surface area contributed by atoms with Gasteiger partial charge in [0.2, 0.25) is 5.75 Å². The molecule has 1 rings (SSSR count). The number of methoxy groups -OCH3 is 1. The van der Waals surface area contributed by atoms with Crippen molar-refractivity contribution >= 4 is 11.6 Å². The summed E-state index contributed by atoms with van der Waals surface area (Å²) >= 11 is 0. The quantitative estimate of drug-likeness (QED) is 0.342. The minimum absolute atomic E-state index is 0.0529. The molecule has 0 aromatic heterocycles. The van der Waals surface area contributed by atoms with Crippen LogP contribution < -0.4 is 10.1 Å². The molecule has 0 atom stereocenters. The SMILES string of the molecule is C=C(C)COCCNC(=O)c1cccc([N+](=O)[O-])c1OC. The van der Waals surface area contributed by atoms with E-state index in [1.54, 1.807) is 0 Å². The number of benzene rings is 1. The van der Waals surface area contributed by atoms with Crippen molar-refractivity contribution in [1.82, 2.24) is 5.32 Å². The first kappa shape index (κ1) is 16.6. The van der Waals surface area contributed by atoms with Crippen molar-refractivity contribution in [3.05, 3.63) is 46.0 Å². The van der Waals surface area contributed by atoms with Crippen LogP contribution in [0, 0.1) is 10.1 Å². The largest absolute Gasteiger partial charge is 0.490 e. The Labute approximate surface area is 122 Å². The molecule has 1 amide bonds. The fourth-order valence-corrected chi connectivity index (χ4v) is 1.64. The molecule has 7 nitrogen and oxygen atoms in total. The smallest absolute Gasteiger partial charge is 0.311 e. The van der Waals surface area contributed by atoms with Crippen LogP contribution in [0.1, 0.15) is 17.3 Å². The third-order valence-corrected chi connectivity index (χ3v) is 2.52. The lowest BCUT2D eigenvalue weighted by atomic mass is 10.1. The fourth-order valence-electron chi connectivity index (χ4n) is 1.64. The van der Waals surface area contributed by atoms with E-state index in [0.717, 1.165) is 5.57 Å². The van der Waals surface area contributed by atoms with E-state index >= 15 is 0 Å². The number of nitrogens with one attached hydrogen (secondary N) is 1. The predicted octanol–water partition coefficient (Wildman–Crippen LogP) is 1.93. The summed E-state index contributed by atoms with van der Waals surface area (Å²) in [5, 5.41) is 13.5. The Balaban J connectivity index is 2.68. The molecular formula is C14H18N2O5. The second-order valence-corrected chi connectivity index (χ2v) is 4.38. The first-order chi connectivity index (χ1) is 9.97. The summed E-state index contributed by atoms with van der Waals surface area (Å²) in [5.74, 6) is -0.502. The van der Waals surface area contributed by atoms with Crippen LogP contribution in [0.3, 0.4) is 0 Å². The fraction of sp³-hybridized carbons (Fsp3) is 0.357. The molecule has 0 spiro atoms. The molecule has 0 saturated carbocycles. The maximum absolute atomic E-state index is 12.0. The summed E-state index contributed by atoms with van der Waals surface area (Å²) in [7, 11) is 1.29. The Bertz CT molecular complexity index is 542. The van der Waals surface area contributed by atoms with Crippen molar-refractivity contribution in [3.63, 3.8) is 0 Å². The van der Waals surface area contributed by atoms with Gasteiger partial charge < -0.3 is 14.8 Å². The molecule has 0 aliphatic heterocycles. The van der Waals surface area contributed by atoms with Crippen LogP contribution in [0.25, 0.3) is 0 Å². The molecule has 0 saturated heterocycles. The van der Waals surface area contributed by atoms with Gasteiger partial charge in [0.25, 0.3) is 5.91 Å². The first-order valence-electron chi connectivity index (χ1n) is 6.29. The first-order valence-corrected chi connectivity index (χ1v) is 6.29. The number of nitrogens with zero attached hydrogens (tertiary/aromatic N) is 1.